The van der Waals surface area contributed by atoms with Crippen molar-refractivity contribution >= 4 is 23.6 Å². The van der Waals surface area contributed by atoms with Gasteiger partial charge in [-0.15, -0.1) is 11.8 Å². The van der Waals surface area contributed by atoms with Crippen LogP contribution in [0.2, 0.25) is 0 Å². The van der Waals surface area contributed by atoms with E-state index in [1.165, 1.54) is 4.90 Å². The first-order valence-electron chi connectivity index (χ1n) is 7.41. The Bertz CT molecular complexity index is 480. The maximum absolute atomic E-state index is 11.9. The maximum atomic E-state index is 11.9. The lowest BCUT2D eigenvalue weighted by molar-refractivity contribution is -0.918. The molecule has 0 aromatic rings. The average molecular weight is 314 g/mol. The first-order valence-corrected chi connectivity index (χ1v) is 8.46. The molecule has 1 fully saturated rings. The largest absolute Gasteiger partial charge is 0.477 e. The van der Waals surface area contributed by atoms with Crippen molar-refractivity contribution in [1.29, 1.82) is 0 Å². The van der Waals surface area contributed by atoms with Gasteiger partial charge in [-0.25, -0.2) is 4.79 Å². The molecular formula is C14H24N3O3S+. The molecule has 3 N–H and O–H groups in total. The number of nitrogens with two attached hydrogens (primary N) is 1. The molecule has 6 nitrogen and oxygen atoms in total. The van der Waals surface area contributed by atoms with Gasteiger partial charge in [0.05, 0.1) is 19.6 Å². The third-order valence-corrected chi connectivity index (χ3v) is 6.19. The number of thioether (sulfide) groups is 1. The number of hydrogen-bond donors (Lipinski definition) is 2. The van der Waals surface area contributed by atoms with Crippen LogP contribution in [0.3, 0.4) is 0 Å². The van der Waals surface area contributed by atoms with Crippen LogP contribution in [-0.4, -0.2) is 69.7 Å². The van der Waals surface area contributed by atoms with Crippen LogP contribution >= 0.6 is 11.8 Å². The molecule has 2 unspecified atom stereocenters. The number of β-lactam (4-membered cyclic amide) rings is 1. The van der Waals surface area contributed by atoms with Crippen molar-refractivity contribution in [2.24, 2.45) is 5.73 Å². The van der Waals surface area contributed by atoms with Gasteiger partial charge in [-0.2, -0.15) is 0 Å². The summed E-state index contributed by atoms with van der Waals surface area (Å²) in [4.78, 5) is 24.9. The first-order chi connectivity index (χ1) is 9.90. The minimum atomic E-state index is -1.02. The number of carbonyl (C=O) groups is 2. The number of nitrogens with zero attached hydrogens (tertiary/aromatic N) is 2. The monoisotopic (exact) mass is 314 g/mol. The summed E-state index contributed by atoms with van der Waals surface area (Å²) in [6.07, 6.45) is 0. The molecule has 118 valence electrons. The van der Waals surface area contributed by atoms with Gasteiger partial charge < -0.3 is 15.3 Å². The molecule has 0 aromatic heterocycles. The highest BCUT2D eigenvalue weighted by molar-refractivity contribution is 8.00. The van der Waals surface area contributed by atoms with Gasteiger partial charge in [0.15, 0.2) is 0 Å². The quantitative estimate of drug-likeness (QED) is 0.549. The number of rotatable bonds is 6. The van der Waals surface area contributed by atoms with Gasteiger partial charge in [0.2, 0.25) is 5.91 Å². The summed E-state index contributed by atoms with van der Waals surface area (Å²) >= 11 is 1.58. The molecule has 1 amide bonds. The topological polar surface area (TPSA) is 83.6 Å². The maximum Gasteiger partial charge on any atom is 0.352 e. The summed E-state index contributed by atoms with van der Waals surface area (Å²) in [5.41, 5.74) is 6.78. The Kier molecular flexibility index (Phi) is 4.65. The normalized spacial score (nSPS) is 25.7. The Balaban J connectivity index is 2.35. The van der Waals surface area contributed by atoms with Crippen LogP contribution in [0.5, 0.6) is 0 Å². The van der Waals surface area contributed by atoms with Crippen molar-refractivity contribution < 1.29 is 19.2 Å². The highest BCUT2D eigenvalue weighted by Crippen LogP contribution is 2.40. The van der Waals surface area contributed by atoms with E-state index in [0.717, 1.165) is 29.7 Å². The molecule has 0 radical (unpaired) electrons. The molecule has 2 rings (SSSR count). The van der Waals surface area contributed by atoms with Gasteiger partial charge in [-0.05, 0) is 20.8 Å². The molecule has 0 aromatic carbocycles. The van der Waals surface area contributed by atoms with Crippen molar-refractivity contribution in [3.8, 4) is 0 Å². The Hall–Kier alpha value is -1.05. The van der Waals surface area contributed by atoms with Gasteiger partial charge in [0.25, 0.3) is 0 Å². The molecular weight excluding hydrogens is 290 g/mol. The van der Waals surface area contributed by atoms with Crippen molar-refractivity contribution in [2.75, 3.05) is 31.9 Å². The smallest absolute Gasteiger partial charge is 0.352 e. The fraction of sp³-hybridized carbons (Fsp3) is 0.714. The van der Waals surface area contributed by atoms with Gasteiger partial charge in [0, 0.05) is 11.3 Å². The minimum absolute atomic E-state index is 0.170. The summed E-state index contributed by atoms with van der Waals surface area (Å²) in [6.45, 7) is 9.90. The van der Waals surface area contributed by atoms with Crippen molar-refractivity contribution in [3.05, 3.63) is 11.3 Å². The molecule has 21 heavy (non-hydrogen) atoms. The third kappa shape index (κ3) is 2.58. The predicted octanol–water partition coefficient (Wildman–Crippen LogP) is 0.444. The molecule has 1 saturated heterocycles. The molecule has 0 spiro atoms. The molecule has 2 aliphatic heterocycles. The summed E-state index contributed by atoms with van der Waals surface area (Å²) < 4.78 is 0.839. The number of hydrogen-bond acceptors (Lipinski definition) is 4. The number of amides is 1. The Morgan fingerprint density at radius 1 is 1.38 bits per heavy atom. The summed E-state index contributed by atoms with van der Waals surface area (Å²) in [5.74, 6) is -0.647. The highest BCUT2D eigenvalue weighted by Gasteiger charge is 2.52. The number of quaternary nitrogens is 1. The number of fused-ring (bicyclic) bond motifs is 1. The minimum Gasteiger partial charge on any atom is -0.477 e. The van der Waals surface area contributed by atoms with E-state index in [1.807, 2.05) is 0 Å². The van der Waals surface area contributed by atoms with E-state index in [2.05, 4.69) is 20.8 Å². The molecule has 7 heteroatoms. The van der Waals surface area contributed by atoms with Gasteiger partial charge in [-0.1, -0.05) is 0 Å². The zero-order chi connectivity index (χ0) is 15.8. The van der Waals surface area contributed by atoms with E-state index < -0.39 is 12.0 Å². The van der Waals surface area contributed by atoms with Crippen molar-refractivity contribution in [3.63, 3.8) is 0 Å². The standard InChI is InChI=1S/C14H23N3O3S/c1-4-17(5-2,6-3)7-9-8-21-13-10(15)12(18)16(13)11(9)14(19)20/h10,13H,4-8,15H2,1-3H3/p+1. The number of likely N-dealkylation sites (N-methyl/N-ethyl adjacent to an activating group) is 1. The lowest BCUT2D eigenvalue weighted by Crippen LogP contribution is -2.68. The van der Waals surface area contributed by atoms with Crippen LogP contribution in [0, 0.1) is 0 Å². The predicted molar refractivity (Wildman–Crippen MR) is 82.5 cm³/mol. The first kappa shape index (κ1) is 16.3. The third-order valence-electron chi connectivity index (χ3n) is 4.83. The van der Waals surface area contributed by atoms with Crippen LogP contribution in [0.4, 0.5) is 0 Å². The lowest BCUT2D eigenvalue weighted by atomic mass is 10.0. The zero-order valence-electron chi connectivity index (χ0n) is 12.8. The van der Waals surface area contributed by atoms with Crippen molar-refractivity contribution in [1.82, 2.24) is 4.90 Å². The van der Waals surface area contributed by atoms with Gasteiger partial charge in [-0.3, -0.25) is 9.69 Å². The van der Waals surface area contributed by atoms with Crippen LogP contribution in [0.15, 0.2) is 11.3 Å². The Morgan fingerprint density at radius 2 is 1.95 bits per heavy atom. The summed E-state index contributed by atoms with van der Waals surface area (Å²) in [5, 5.41) is 9.33. The second-order valence-corrected chi connectivity index (χ2v) is 6.75. The summed E-state index contributed by atoms with van der Waals surface area (Å²) in [6, 6.07) is -0.561. The highest BCUT2D eigenvalue weighted by atomic mass is 32.2. The molecule has 2 aliphatic rings. The molecule has 2 atom stereocenters. The van der Waals surface area contributed by atoms with Gasteiger partial charge >= 0.3 is 5.97 Å². The Morgan fingerprint density at radius 3 is 2.43 bits per heavy atom. The number of carbonyl (C=O) groups excluding carboxylic acids is 1. The van der Waals surface area contributed by atoms with Crippen LogP contribution in [-0.2, 0) is 9.59 Å². The fourth-order valence-corrected chi connectivity index (χ4v) is 4.39. The van der Waals surface area contributed by atoms with Crippen LogP contribution < -0.4 is 5.73 Å². The summed E-state index contributed by atoms with van der Waals surface area (Å²) in [7, 11) is 0. The van der Waals surface area contributed by atoms with E-state index in [-0.39, 0.29) is 17.0 Å². The fourth-order valence-electron chi connectivity index (χ4n) is 3.11. The van der Waals surface area contributed by atoms with E-state index >= 15 is 0 Å². The van der Waals surface area contributed by atoms with Crippen LogP contribution in [0.1, 0.15) is 20.8 Å². The molecule has 0 saturated carbocycles. The average Bonchev–Trinajstić information content (AvgIpc) is 2.51. The van der Waals surface area contributed by atoms with Gasteiger partial charge in [0.1, 0.15) is 23.7 Å². The van der Waals surface area contributed by atoms with E-state index in [9.17, 15) is 14.7 Å². The number of aliphatic carboxylic acids is 1. The molecule has 2 heterocycles. The SMILES string of the molecule is CC[N+](CC)(CC)CC1=C(C(=O)O)N2C(=O)C(N)C2SC1. The number of carboxylic acid groups (broad SMARTS) is 1. The second kappa shape index (κ2) is 5.98. The molecule has 0 aliphatic carbocycles. The van der Waals surface area contributed by atoms with E-state index in [4.69, 9.17) is 5.73 Å². The lowest BCUT2D eigenvalue weighted by Gasteiger charge is -2.49. The van der Waals surface area contributed by atoms with Crippen LogP contribution in [0.25, 0.3) is 0 Å². The zero-order valence-corrected chi connectivity index (χ0v) is 13.7. The van der Waals surface area contributed by atoms with E-state index in [1.54, 1.807) is 11.8 Å². The number of carboxylic acids is 1. The van der Waals surface area contributed by atoms with Crippen molar-refractivity contribution in [2.45, 2.75) is 32.2 Å². The molecule has 0 bridgehead atoms. The Labute approximate surface area is 129 Å². The second-order valence-electron chi connectivity index (χ2n) is 5.64. The van der Waals surface area contributed by atoms with E-state index in [0.29, 0.717) is 12.3 Å².